The van der Waals surface area contributed by atoms with Crippen molar-refractivity contribution in [1.82, 2.24) is 9.97 Å². The Morgan fingerprint density at radius 1 is 0.964 bits per heavy atom. The number of carbonyl (C=O) groups is 2. The first-order chi connectivity index (χ1) is 13.6. The predicted molar refractivity (Wildman–Crippen MR) is 104 cm³/mol. The molecule has 0 radical (unpaired) electrons. The fraction of sp³-hybridized carbons (Fsp3) is 0.0909. The second-order valence-electron chi connectivity index (χ2n) is 6.48. The van der Waals surface area contributed by atoms with Crippen molar-refractivity contribution in [2.75, 3.05) is 4.90 Å². The van der Waals surface area contributed by atoms with Gasteiger partial charge in [0.05, 0.1) is 11.6 Å². The molecule has 6 nitrogen and oxygen atoms in total. The molecule has 4 rings (SSSR count). The lowest BCUT2D eigenvalue weighted by Crippen LogP contribution is -2.30. The van der Waals surface area contributed by atoms with Crippen LogP contribution in [0.25, 0.3) is 5.76 Å². The SMILES string of the molecule is Cc1ccccc1N1C(=O)C(=O)/C(=C(/O)c2ccncc2)C1c1cccnc1. The zero-order chi connectivity index (χ0) is 19.7. The van der Waals surface area contributed by atoms with Gasteiger partial charge in [0.2, 0.25) is 0 Å². The monoisotopic (exact) mass is 371 g/mol. The lowest BCUT2D eigenvalue weighted by Gasteiger charge is -2.26. The molecule has 1 saturated heterocycles. The van der Waals surface area contributed by atoms with Crippen LogP contribution < -0.4 is 4.90 Å². The van der Waals surface area contributed by atoms with Crippen LogP contribution in [0.3, 0.4) is 0 Å². The van der Waals surface area contributed by atoms with Crippen LogP contribution in [0.5, 0.6) is 0 Å². The van der Waals surface area contributed by atoms with Crippen molar-refractivity contribution in [2.45, 2.75) is 13.0 Å². The summed E-state index contributed by atoms with van der Waals surface area (Å²) >= 11 is 0. The number of aromatic nitrogens is 2. The summed E-state index contributed by atoms with van der Waals surface area (Å²) in [5, 5.41) is 10.9. The fourth-order valence-electron chi connectivity index (χ4n) is 3.43. The van der Waals surface area contributed by atoms with Crippen molar-refractivity contribution >= 4 is 23.1 Å². The zero-order valence-corrected chi connectivity index (χ0v) is 15.1. The van der Waals surface area contributed by atoms with Gasteiger partial charge < -0.3 is 5.11 Å². The highest BCUT2D eigenvalue weighted by atomic mass is 16.3. The fourth-order valence-corrected chi connectivity index (χ4v) is 3.43. The summed E-state index contributed by atoms with van der Waals surface area (Å²) in [6.07, 6.45) is 6.26. The van der Waals surface area contributed by atoms with Gasteiger partial charge in [-0.25, -0.2) is 0 Å². The first kappa shape index (κ1) is 17.6. The quantitative estimate of drug-likeness (QED) is 0.433. The largest absolute Gasteiger partial charge is 0.507 e. The smallest absolute Gasteiger partial charge is 0.300 e. The van der Waals surface area contributed by atoms with Gasteiger partial charge in [0.25, 0.3) is 11.7 Å². The van der Waals surface area contributed by atoms with Crippen LogP contribution in [0, 0.1) is 6.92 Å². The van der Waals surface area contributed by atoms with E-state index in [1.165, 1.54) is 17.3 Å². The van der Waals surface area contributed by atoms with E-state index in [2.05, 4.69) is 9.97 Å². The summed E-state index contributed by atoms with van der Waals surface area (Å²) in [5.41, 5.74) is 2.56. The van der Waals surface area contributed by atoms with Crippen molar-refractivity contribution in [3.63, 3.8) is 0 Å². The molecular formula is C22H17N3O3. The van der Waals surface area contributed by atoms with Crippen LogP contribution in [-0.4, -0.2) is 26.8 Å². The molecule has 1 N–H and O–H groups in total. The predicted octanol–water partition coefficient (Wildman–Crippen LogP) is 3.41. The lowest BCUT2D eigenvalue weighted by molar-refractivity contribution is -0.132. The Hall–Kier alpha value is -3.80. The number of anilines is 1. The molecule has 1 unspecified atom stereocenters. The number of ketones is 1. The molecule has 1 aliphatic heterocycles. The lowest BCUT2D eigenvalue weighted by atomic mass is 9.96. The average Bonchev–Trinajstić information content (AvgIpc) is 3.00. The van der Waals surface area contributed by atoms with E-state index in [1.54, 1.807) is 42.7 Å². The Morgan fingerprint density at radius 3 is 2.39 bits per heavy atom. The molecule has 1 atom stereocenters. The second kappa shape index (κ2) is 7.08. The first-order valence-corrected chi connectivity index (χ1v) is 8.76. The number of aryl methyl sites for hydroxylation is 1. The minimum absolute atomic E-state index is 0.0347. The Balaban J connectivity index is 1.97. The van der Waals surface area contributed by atoms with E-state index >= 15 is 0 Å². The van der Waals surface area contributed by atoms with E-state index in [9.17, 15) is 14.7 Å². The molecule has 6 heteroatoms. The summed E-state index contributed by atoms with van der Waals surface area (Å²) in [5.74, 6) is -1.64. The maximum Gasteiger partial charge on any atom is 0.300 e. The van der Waals surface area contributed by atoms with Crippen molar-refractivity contribution in [3.8, 4) is 0 Å². The van der Waals surface area contributed by atoms with Gasteiger partial charge in [-0.2, -0.15) is 0 Å². The summed E-state index contributed by atoms with van der Waals surface area (Å²) in [7, 11) is 0. The van der Waals surface area contributed by atoms with Gasteiger partial charge in [-0.3, -0.25) is 24.5 Å². The van der Waals surface area contributed by atoms with Crippen LogP contribution in [-0.2, 0) is 9.59 Å². The molecule has 3 heterocycles. The normalized spacial score (nSPS) is 18.5. The van der Waals surface area contributed by atoms with E-state index in [4.69, 9.17) is 0 Å². The van der Waals surface area contributed by atoms with Crippen LogP contribution in [0.15, 0.2) is 78.9 Å². The summed E-state index contributed by atoms with van der Waals surface area (Å²) < 4.78 is 0. The molecule has 0 bridgehead atoms. The van der Waals surface area contributed by atoms with Gasteiger partial charge in [0.1, 0.15) is 5.76 Å². The van der Waals surface area contributed by atoms with Crippen molar-refractivity contribution < 1.29 is 14.7 Å². The molecular weight excluding hydrogens is 354 g/mol. The van der Waals surface area contributed by atoms with Crippen LogP contribution in [0.1, 0.15) is 22.7 Å². The summed E-state index contributed by atoms with van der Waals surface area (Å²) in [6, 6.07) is 13.3. The molecule has 0 saturated carbocycles. The van der Waals surface area contributed by atoms with E-state index in [1.807, 2.05) is 25.1 Å². The standard InChI is InChI=1S/C22H17N3O3/c1-14-5-2-3-7-17(14)25-19(16-6-4-10-24-13-16)18(21(27)22(25)28)20(26)15-8-11-23-12-9-15/h2-13,19,26H,1H3/b20-18+. The summed E-state index contributed by atoms with van der Waals surface area (Å²) in [4.78, 5) is 35.4. The number of hydrogen-bond acceptors (Lipinski definition) is 5. The number of aliphatic hydroxyl groups excluding tert-OH is 1. The van der Waals surface area contributed by atoms with Gasteiger partial charge in [0.15, 0.2) is 0 Å². The van der Waals surface area contributed by atoms with Crippen molar-refractivity contribution in [2.24, 2.45) is 0 Å². The Labute approximate surface area is 161 Å². The van der Waals surface area contributed by atoms with Crippen LogP contribution >= 0.6 is 0 Å². The molecule has 1 fully saturated rings. The van der Waals surface area contributed by atoms with Crippen LogP contribution in [0.4, 0.5) is 5.69 Å². The Morgan fingerprint density at radius 2 is 1.71 bits per heavy atom. The third-order valence-electron chi connectivity index (χ3n) is 4.77. The van der Waals surface area contributed by atoms with E-state index in [0.29, 0.717) is 16.8 Å². The second-order valence-corrected chi connectivity index (χ2v) is 6.48. The molecule has 1 aliphatic rings. The number of nitrogens with zero attached hydrogens (tertiary/aromatic N) is 3. The molecule has 3 aromatic rings. The molecule has 138 valence electrons. The molecule has 0 spiro atoms. The maximum absolute atomic E-state index is 13.0. The number of aliphatic hydroxyl groups is 1. The Bertz CT molecular complexity index is 1080. The molecule has 1 aromatic carbocycles. The average molecular weight is 371 g/mol. The van der Waals surface area contributed by atoms with Gasteiger partial charge in [-0.15, -0.1) is 0 Å². The third kappa shape index (κ3) is 2.85. The number of carbonyl (C=O) groups excluding carboxylic acids is 2. The van der Waals surface area contributed by atoms with E-state index < -0.39 is 17.7 Å². The Kier molecular flexibility index (Phi) is 4.45. The minimum atomic E-state index is -0.775. The topological polar surface area (TPSA) is 83.4 Å². The first-order valence-electron chi connectivity index (χ1n) is 8.76. The number of pyridine rings is 2. The van der Waals surface area contributed by atoms with Gasteiger partial charge in [-0.05, 0) is 42.3 Å². The van der Waals surface area contributed by atoms with E-state index in [-0.39, 0.29) is 11.3 Å². The number of rotatable bonds is 3. The zero-order valence-electron chi connectivity index (χ0n) is 15.1. The molecule has 1 amide bonds. The third-order valence-corrected chi connectivity index (χ3v) is 4.77. The molecule has 28 heavy (non-hydrogen) atoms. The van der Waals surface area contributed by atoms with Crippen LogP contribution in [0.2, 0.25) is 0 Å². The van der Waals surface area contributed by atoms with Crippen molar-refractivity contribution in [3.05, 3.63) is 95.6 Å². The highest BCUT2D eigenvalue weighted by Crippen LogP contribution is 2.42. The van der Waals surface area contributed by atoms with E-state index in [0.717, 1.165) is 5.56 Å². The summed E-state index contributed by atoms with van der Waals surface area (Å²) in [6.45, 7) is 1.87. The number of amides is 1. The molecule has 2 aromatic heterocycles. The van der Waals surface area contributed by atoms with Gasteiger partial charge in [0, 0.05) is 36.0 Å². The van der Waals surface area contributed by atoms with Gasteiger partial charge >= 0.3 is 0 Å². The number of hydrogen-bond donors (Lipinski definition) is 1. The number of para-hydroxylation sites is 1. The highest BCUT2D eigenvalue weighted by molar-refractivity contribution is 6.51. The maximum atomic E-state index is 13.0. The van der Waals surface area contributed by atoms with Gasteiger partial charge in [-0.1, -0.05) is 24.3 Å². The molecule has 0 aliphatic carbocycles. The number of Topliss-reactive ketones (excluding diaryl/α,β-unsaturated/α-hetero) is 1. The number of benzene rings is 1. The highest BCUT2D eigenvalue weighted by Gasteiger charge is 2.47. The van der Waals surface area contributed by atoms with Crippen molar-refractivity contribution in [1.29, 1.82) is 0 Å². The minimum Gasteiger partial charge on any atom is -0.507 e.